The molecule has 1 unspecified atom stereocenters. The summed E-state index contributed by atoms with van der Waals surface area (Å²) < 4.78 is 15.3. The first-order valence-corrected chi connectivity index (χ1v) is 10.3. The van der Waals surface area contributed by atoms with Gasteiger partial charge in [-0.05, 0) is 43.3 Å². The van der Waals surface area contributed by atoms with Crippen LogP contribution in [0.1, 0.15) is 6.92 Å². The van der Waals surface area contributed by atoms with Gasteiger partial charge in [-0.1, -0.05) is 60.3 Å². The lowest BCUT2D eigenvalue weighted by Crippen LogP contribution is -2.22. The first-order valence-electron chi connectivity index (χ1n) is 9.41. The van der Waals surface area contributed by atoms with Gasteiger partial charge in [-0.3, -0.25) is 9.36 Å². The van der Waals surface area contributed by atoms with Crippen LogP contribution >= 0.6 is 11.8 Å². The predicted molar refractivity (Wildman–Crippen MR) is 117 cm³/mol. The van der Waals surface area contributed by atoms with E-state index in [1.54, 1.807) is 12.1 Å². The monoisotopic (exact) mass is 418 g/mol. The van der Waals surface area contributed by atoms with E-state index in [2.05, 4.69) is 15.5 Å². The molecule has 1 heterocycles. The highest BCUT2D eigenvalue weighted by atomic mass is 32.2. The Morgan fingerprint density at radius 2 is 1.57 bits per heavy atom. The van der Waals surface area contributed by atoms with Crippen molar-refractivity contribution in [3.05, 3.63) is 90.7 Å². The Balaban J connectivity index is 1.65. The van der Waals surface area contributed by atoms with Crippen molar-refractivity contribution in [2.45, 2.75) is 17.3 Å². The lowest BCUT2D eigenvalue weighted by molar-refractivity contribution is -0.115. The standard InChI is InChI=1S/C23H19FN4OS/c1-16(22(29)25-19-10-6-3-7-11-19)30-23-27-26-21(17-8-4-2-5-9-17)28(23)20-14-12-18(24)13-15-20/h2-16H,1H3,(H,25,29). The smallest absolute Gasteiger partial charge is 0.237 e. The minimum atomic E-state index is -0.419. The van der Waals surface area contributed by atoms with Crippen LogP contribution in [-0.4, -0.2) is 25.9 Å². The van der Waals surface area contributed by atoms with Gasteiger partial charge in [0.25, 0.3) is 0 Å². The summed E-state index contributed by atoms with van der Waals surface area (Å²) in [5.74, 6) is 0.166. The van der Waals surface area contributed by atoms with Gasteiger partial charge in [-0.2, -0.15) is 0 Å². The number of halogens is 1. The molecule has 1 amide bonds. The second-order valence-corrected chi connectivity index (χ2v) is 7.91. The first-order chi connectivity index (χ1) is 14.6. The number of hydrogen-bond donors (Lipinski definition) is 1. The van der Waals surface area contributed by atoms with Gasteiger partial charge in [-0.15, -0.1) is 10.2 Å². The molecule has 0 aliphatic carbocycles. The average Bonchev–Trinajstić information content (AvgIpc) is 3.19. The summed E-state index contributed by atoms with van der Waals surface area (Å²) in [4.78, 5) is 12.6. The predicted octanol–water partition coefficient (Wildman–Crippen LogP) is 5.19. The minimum Gasteiger partial charge on any atom is -0.325 e. The van der Waals surface area contributed by atoms with Gasteiger partial charge in [0.05, 0.1) is 5.25 Å². The molecule has 1 atom stereocenters. The molecule has 1 N–H and O–H groups in total. The van der Waals surface area contributed by atoms with Gasteiger partial charge in [0.15, 0.2) is 11.0 Å². The van der Waals surface area contributed by atoms with Crippen molar-refractivity contribution in [1.82, 2.24) is 14.8 Å². The van der Waals surface area contributed by atoms with Crippen molar-refractivity contribution in [2.24, 2.45) is 0 Å². The molecule has 5 nitrogen and oxygen atoms in total. The first kappa shape index (κ1) is 19.8. The van der Waals surface area contributed by atoms with Crippen LogP contribution in [0.2, 0.25) is 0 Å². The number of nitrogens with zero attached hydrogens (tertiary/aromatic N) is 3. The summed E-state index contributed by atoms with van der Waals surface area (Å²) in [6.07, 6.45) is 0. The van der Waals surface area contributed by atoms with E-state index in [4.69, 9.17) is 0 Å². The molecule has 0 aliphatic heterocycles. The largest absolute Gasteiger partial charge is 0.325 e. The normalized spacial score (nSPS) is 11.8. The van der Waals surface area contributed by atoms with E-state index in [0.717, 1.165) is 16.9 Å². The van der Waals surface area contributed by atoms with Crippen LogP contribution in [0.25, 0.3) is 17.1 Å². The van der Waals surface area contributed by atoms with Gasteiger partial charge < -0.3 is 5.32 Å². The number of carbonyl (C=O) groups excluding carboxylic acids is 1. The van der Waals surface area contributed by atoms with Crippen molar-refractivity contribution in [1.29, 1.82) is 0 Å². The molecule has 0 radical (unpaired) electrons. The number of rotatable bonds is 6. The number of aromatic nitrogens is 3. The van der Waals surface area contributed by atoms with Gasteiger partial charge in [0, 0.05) is 16.9 Å². The Hall–Kier alpha value is -3.45. The van der Waals surface area contributed by atoms with Crippen molar-refractivity contribution < 1.29 is 9.18 Å². The van der Waals surface area contributed by atoms with Crippen molar-refractivity contribution >= 4 is 23.4 Å². The van der Waals surface area contributed by atoms with E-state index in [-0.39, 0.29) is 11.7 Å². The third-order valence-corrected chi connectivity index (χ3v) is 5.49. The van der Waals surface area contributed by atoms with E-state index >= 15 is 0 Å². The molecule has 4 aromatic rings. The van der Waals surface area contributed by atoms with Crippen LogP contribution in [0.15, 0.2) is 90.1 Å². The summed E-state index contributed by atoms with van der Waals surface area (Å²) in [6, 6.07) is 25.1. The molecule has 0 fully saturated rings. The highest BCUT2D eigenvalue weighted by Crippen LogP contribution is 2.30. The Labute approximate surface area is 178 Å². The average molecular weight is 418 g/mol. The highest BCUT2D eigenvalue weighted by molar-refractivity contribution is 8.00. The molecule has 0 spiro atoms. The van der Waals surface area contributed by atoms with E-state index in [1.807, 2.05) is 72.2 Å². The Bertz CT molecular complexity index is 1130. The quantitative estimate of drug-likeness (QED) is 0.438. The maximum Gasteiger partial charge on any atom is 0.237 e. The van der Waals surface area contributed by atoms with Crippen molar-refractivity contribution in [3.63, 3.8) is 0 Å². The van der Waals surface area contributed by atoms with Crippen LogP contribution < -0.4 is 5.32 Å². The number of anilines is 1. The van der Waals surface area contributed by atoms with E-state index < -0.39 is 5.25 Å². The highest BCUT2D eigenvalue weighted by Gasteiger charge is 2.22. The lowest BCUT2D eigenvalue weighted by atomic mass is 10.2. The van der Waals surface area contributed by atoms with Crippen molar-refractivity contribution in [3.8, 4) is 17.1 Å². The molecule has 3 aromatic carbocycles. The fourth-order valence-electron chi connectivity index (χ4n) is 2.92. The third kappa shape index (κ3) is 4.41. The summed E-state index contributed by atoms with van der Waals surface area (Å²) in [6.45, 7) is 1.81. The molecule has 0 saturated carbocycles. The van der Waals surface area contributed by atoms with E-state index in [1.165, 1.54) is 23.9 Å². The van der Waals surface area contributed by atoms with Gasteiger partial charge in [0.2, 0.25) is 5.91 Å². The van der Waals surface area contributed by atoms with E-state index in [0.29, 0.717) is 11.0 Å². The number of nitrogens with one attached hydrogen (secondary N) is 1. The van der Waals surface area contributed by atoms with E-state index in [9.17, 15) is 9.18 Å². The second-order valence-electron chi connectivity index (χ2n) is 6.60. The third-order valence-electron chi connectivity index (χ3n) is 4.44. The summed E-state index contributed by atoms with van der Waals surface area (Å²) in [5.41, 5.74) is 2.33. The Kier molecular flexibility index (Phi) is 5.90. The Morgan fingerprint density at radius 3 is 2.23 bits per heavy atom. The number of benzene rings is 3. The van der Waals surface area contributed by atoms with Gasteiger partial charge in [0.1, 0.15) is 5.82 Å². The second kappa shape index (κ2) is 8.92. The molecule has 30 heavy (non-hydrogen) atoms. The van der Waals surface area contributed by atoms with Crippen LogP contribution in [0.5, 0.6) is 0 Å². The maximum absolute atomic E-state index is 13.5. The molecular formula is C23H19FN4OS. The van der Waals surface area contributed by atoms with Crippen LogP contribution in [0, 0.1) is 5.82 Å². The minimum absolute atomic E-state index is 0.138. The van der Waals surface area contributed by atoms with Crippen LogP contribution in [0.4, 0.5) is 10.1 Å². The van der Waals surface area contributed by atoms with Gasteiger partial charge >= 0.3 is 0 Å². The molecule has 0 saturated heterocycles. The van der Waals surface area contributed by atoms with Gasteiger partial charge in [-0.25, -0.2) is 4.39 Å². The summed E-state index contributed by atoms with van der Waals surface area (Å²) >= 11 is 1.30. The number of thioether (sulfide) groups is 1. The van der Waals surface area contributed by atoms with Crippen LogP contribution in [-0.2, 0) is 4.79 Å². The number of hydrogen-bond acceptors (Lipinski definition) is 4. The number of carbonyl (C=O) groups is 1. The molecule has 4 rings (SSSR count). The maximum atomic E-state index is 13.5. The molecular weight excluding hydrogens is 399 g/mol. The fourth-order valence-corrected chi connectivity index (χ4v) is 3.79. The molecule has 0 aliphatic rings. The van der Waals surface area contributed by atoms with Crippen LogP contribution in [0.3, 0.4) is 0 Å². The SMILES string of the molecule is CC(Sc1nnc(-c2ccccc2)n1-c1ccc(F)cc1)C(=O)Nc1ccccc1. The number of amides is 1. The molecule has 1 aromatic heterocycles. The zero-order valence-electron chi connectivity index (χ0n) is 16.2. The number of para-hydroxylation sites is 1. The Morgan fingerprint density at radius 1 is 0.933 bits per heavy atom. The zero-order chi connectivity index (χ0) is 20.9. The topological polar surface area (TPSA) is 59.8 Å². The fraction of sp³-hybridized carbons (Fsp3) is 0.0870. The summed E-state index contributed by atoms with van der Waals surface area (Å²) in [5, 5.41) is 11.7. The zero-order valence-corrected chi connectivity index (χ0v) is 17.0. The van der Waals surface area contributed by atoms with Crippen molar-refractivity contribution in [2.75, 3.05) is 5.32 Å². The summed E-state index contributed by atoms with van der Waals surface area (Å²) in [7, 11) is 0. The molecule has 7 heteroatoms. The lowest BCUT2D eigenvalue weighted by Gasteiger charge is -2.14. The molecule has 150 valence electrons. The molecule has 0 bridgehead atoms.